The Bertz CT molecular complexity index is 1710. The molecule has 0 fully saturated rings. The Morgan fingerprint density at radius 2 is 0.790 bits per heavy atom. The number of nitrogens with one attached hydrogen (secondary N) is 1. The number of carbonyl (C=O) groups is 2. The van der Waals surface area contributed by atoms with E-state index in [1.807, 2.05) is 33.3 Å². The fraction of sp³-hybridized carbons (Fsp3) is 0.746. The van der Waals surface area contributed by atoms with Gasteiger partial charge in [0, 0.05) is 12.8 Å². The standard InChI is InChI=1S/C71H127N2O7P/c1-7-10-13-16-19-22-25-27-29-31-33-35-36-38-39-41-43-45-48-51-54-57-60-63-70(74)72-68(67-79-81(76,77)78-66-65-73(4,5)6)69(62-59-56-53-50-47-24-21-18-15-12-9-3)80-71(75)64-61-58-55-52-49-46-44-42-40-37-34-32-30-28-26-23-20-17-14-11-8-2/h11,14,20,23,27-30,34,37,42,44,49,52,59,62,68-69H,7-10,12-13,15-19,21-22,24-26,31-33,35-36,38-41,43,45-48,50-51,53-58,60-61,63-67H2,1-6H3,(H-,72,74,76,77)/p+1/b14-11-,23-20-,29-27+,30-28-,37-34-,44-42-,52-49-,62-59+. The van der Waals surface area contributed by atoms with Crippen molar-refractivity contribution in [3.8, 4) is 0 Å². The molecule has 0 aromatic heterocycles. The van der Waals surface area contributed by atoms with E-state index in [4.69, 9.17) is 13.8 Å². The van der Waals surface area contributed by atoms with Crippen molar-refractivity contribution in [1.29, 1.82) is 0 Å². The fourth-order valence-electron chi connectivity index (χ4n) is 9.35. The van der Waals surface area contributed by atoms with Crippen molar-refractivity contribution in [3.63, 3.8) is 0 Å². The van der Waals surface area contributed by atoms with E-state index in [1.54, 1.807) is 0 Å². The van der Waals surface area contributed by atoms with E-state index in [-0.39, 0.29) is 31.5 Å². The molecule has 0 aromatic rings. The largest absolute Gasteiger partial charge is 0.472 e. The van der Waals surface area contributed by atoms with Crippen LogP contribution in [0.1, 0.15) is 290 Å². The number of unbranched alkanes of at least 4 members (excludes halogenated alkanes) is 30. The van der Waals surface area contributed by atoms with Gasteiger partial charge in [-0.3, -0.25) is 18.6 Å². The van der Waals surface area contributed by atoms with Crippen LogP contribution in [0.15, 0.2) is 97.2 Å². The van der Waals surface area contributed by atoms with Crippen LogP contribution < -0.4 is 5.32 Å². The molecule has 0 saturated carbocycles. The molecule has 1 amide bonds. The summed E-state index contributed by atoms with van der Waals surface area (Å²) in [4.78, 5) is 37.8. The van der Waals surface area contributed by atoms with Gasteiger partial charge in [-0.15, -0.1) is 0 Å². The lowest BCUT2D eigenvalue weighted by molar-refractivity contribution is -0.870. The maximum atomic E-state index is 13.6. The van der Waals surface area contributed by atoms with Gasteiger partial charge in [-0.2, -0.15) is 0 Å². The molecule has 3 atom stereocenters. The number of esters is 1. The summed E-state index contributed by atoms with van der Waals surface area (Å²) in [7, 11) is 1.47. The molecule has 0 aromatic carbocycles. The topological polar surface area (TPSA) is 111 Å². The van der Waals surface area contributed by atoms with Gasteiger partial charge in [-0.05, 0) is 109 Å². The summed E-state index contributed by atoms with van der Waals surface area (Å²) in [5, 5.41) is 3.05. The van der Waals surface area contributed by atoms with E-state index < -0.39 is 20.0 Å². The molecule has 81 heavy (non-hydrogen) atoms. The monoisotopic (exact) mass is 1150 g/mol. The van der Waals surface area contributed by atoms with Crippen LogP contribution in [-0.4, -0.2) is 74.3 Å². The molecule has 0 aliphatic heterocycles. The summed E-state index contributed by atoms with van der Waals surface area (Å²) in [6.45, 7) is 6.87. The molecule has 0 aliphatic rings. The lowest BCUT2D eigenvalue weighted by Gasteiger charge is -2.27. The summed E-state index contributed by atoms with van der Waals surface area (Å²) in [5.74, 6) is -0.555. The van der Waals surface area contributed by atoms with Gasteiger partial charge in [0.2, 0.25) is 5.91 Å². The number of phosphoric ester groups is 1. The molecular formula is C71H128N2O7P+. The molecule has 3 unspecified atom stereocenters. The molecule has 0 heterocycles. The Morgan fingerprint density at radius 1 is 0.444 bits per heavy atom. The van der Waals surface area contributed by atoms with Crippen LogP contribution in [0, 0.1) is 0 Å². The molecule has 0 saturated heterocycles. The SMILES string of the molecule is CC/C=C\C/C=C\C/C=C\C/C=C\C/C=C\C/C=C\CCCCC(=O)OC(/C=C/CCCCCCCCCCC)C(COP(=O)(O)OCC[N+](C)(C)C)NC(=O)CCCCCCCCCCCCCCC/C=C/CCCCCCCC. The van der Waals surface area contributed by atoms with Gasteiger partial charge in [0.15, 0.2) is 0 Å². The van der Waals surface area contributed by atoms with Crippen molar-refractivity contribution in [2.24, 2.45) is 0 Å². The number of allylic oxidation sites excluding steroid dienone is 15. The number of nitrogens with zero attached hydrogens (tertiary/aromatic N) is 1. The first-order chi connectivity index (χ1) is 39.4. The van der Waals surface area contributed by atoms with Crippen LogP contribution in [0.4, 0.5) is 0 Å². The Hall–Kier alpha value is -3.07. The molecular weight excluding hydrogens is 1020 g/mol. The normalized spacial score (nSPS) is 14.2. The predicted octanol–water partition coefficient (Wildman–Crippen LogP) is 21.1. The van der Waals surface area contributed by atoms with Crippen molar-refractivity contribution < 1.29 is 37.3 Å². The lowest BCUT2D eigenvalue weighted by atomic mass is 10.0. The summed E-state index contributed by atoms with van der Waals surface area (Å²) < 4.78 is 30.7. The lowest BCUT2D eigenvalue weighted by Crippen LogP contribution is -2.47. The maximum Gasteiger partial charge on any atom is 0.472 e. The molecule has 0 aliphatic carbocycles. The Balaban J connectivity index is 5.18. The van der Waals surface area contributed by atoms with Crippen molar-refractivity contribution in [1.82, 2.24) is 5.32 Å². The average molecular weight is 1150 g/mol. The first kappa shape index (κ1) is 77.9. The zero-order valence-electron chi connectivity index (χ0n) is 53.5. The summed E-state index contributed by atoms with van der Waals surface area (Å²) in [5.41, 5.74) is 0. The zero-order chi connectivity index (χ0) is 59.3. The van der Waals surface area contributed by atoms with Crippen LogP contribution in [0.2, 0.25) is 0 Å². The van der Waals surface area contributed by atoms with Gasteiger partial charge in [-0.25, -0.2) is 4.57 Å². The quantitative estimate of drug-likeness (QED) is 0.0205. The van der Waals surface area contributed by atoms with Gasteiger partial charge in [0.1, 0.15) is 19.3 Å². The van der Waals surface area contributed by atoms with Crippen LogP contribution in [0.5, 0.6) is 0 Å². The van der Waals surface area contributed by atoms with Crippen molar-refractivity contribution in [2.75, 3.05) is 40.9 Å². The third-order valence-corrected chi connectivity index (χ3v) is 15.5. The second-order valence-corrected chi connectivity index (χ2v) is 25.1. The third-order valence-electron chi connectivity index (χ3n) is 14.5. The Morgan fingerprint density at radius 3 is 1.21 bits per heavy atom. The molecule has 0 radical (unpaired) electrons. The highest BCUT2D eigenvalue weighted by atomic mass is 31.2. The first-order valence-electron chi connectivity index (χ1n) is 33.6. The van der Waals surface area contributed by atoms with Gasteiger partial charge < -0.3 is 19.4 Å². The highest BCUT2D eigenvalue weighted by molar-refractivity contribution is 7.47. The Kier molecular flexibility index (Phi) is 57.8. The minimum atomic E-state index is -4.47. The first-order valence-corrected chi connectivity index (χ1v) is 35.1. The second kappa shape index (κ2) is 60.1. The average Bonchev–Trinajstić information content (AvgIpc) is 3.43. The summed E-state index contributed by atoms with van der Waals surface area (Å²) in [6, 6.07) is -0.871. The van der Waals surface area contributed by atoms with E-state index in [2.05, 4.69) is 111 Å². The van der Waals surface area contributed by atoms with Gasteiger partial charge in [-0.1, -0.05) is 266 Å². The fourth-order valence-corrected chi connectivity index (χ4v) is 10.1. The second-order valence-electron chi connectivity index (χ2n) is 23.6. The van der Waals surface area contributed by atoms with Crippen LogP contribution >= 0.6 is 7.82 Å². The highest BCUT2D eigenvalue weighted by Crippen LogP contribution is 2.43. The Labute approximate surface area is 500 Å². The minimum absolute atomic E-state index is 0.0296. The van der Waals surface area contributed by atoms with Crippen LogP contribution in [0.3, 0.4) is 0 Å². The number of amides is 1. The molecule has 10 heteroatoms. The van der Waals surface area contributed by atoms with E-state index in [9.17, 15) is 19.0 Å². The van der Waals surface area contributed by atoms with Crippen LogP contribution in [-0.2, 0) is 27.9 Å². The number of hydrogen-bond donors (Lipinski definition) is 2. The number of carbonyl (C=O) groups excluding carboxylic acids is 2. The number of phosphoric acid groups is 1. The maximum absolute atomic E-state index is 13.6. The molecule has 0 bridgehead atoms. The molecule has 0 rings (SSSR count). The van der Waals surface area contributed by atoms with Gasteiger partial charge in [0.05, 0.1) is 33.8 Å². The third kappa shape index (κ3) is 61.3. The smallest absolute Gasteiger partial charge is 0.456 e. The van der Waals surface area contributed by atoms with E-state index in [1.165, 1.54) is 161 Å². The predicted molar refractivity (Wildman–Crippen MR) is 350 cm³/mol. The minimum Gasteiger partial charge on any atom is -0.456 e. The van der Waals surface area contributed by atoms with Gasteiger partial charge in [0.25, 0.3) is 0 Å². The molecule has 468 valence electrons. The number of rotatable bonds is 60. The number of hydrogen-bond acceptors (Lipinski definition) is 6. The van der Waals surface area contributed by atoms with Crippen molar-refractivity contribution in [2.45, 2.75) is 303 Å². The number of ether oxygens (including phenoxy) is 1. The van der Waals surface area contributed by atoms with E-state index in [0.29, 0.717) is 23.9 Å². The van der Waals surface area contributed by atoms with Gasteiger partial charge >= 0.3 is 13.8 Å². The summed E-state index contributed by atoms with van der Waals surface area (Å²) >= 11 is 0. The highest BCUT2D eigenvalue weighted by Gasteiger charge is 2.30. The zero-order valence-corrected chi connectivity index (χ0v) is 54.4. The molecule has 2 N–H and O–H groups in total. The van der Waals surface area contributed by atoms with Crippen molar-refractivity contribution >= 4 is 19.7 Å². The number of likely N-dealkylation sites (N-methyl/N-ethyl adjacent to an activating group) is 1. The van der Waals surface area contributed by atoms with Crippen LogP contribution in [0.25, 0.3) is 0 Å². The molecule has 0 spiro atoms. The number of quaternary nitrogens is 1. The molecule has 9 nitrogen and oxygen atoms in total. The van der Waals surface area contributed by atoms with Crippen molar-refractivity contribution in [3.05, 3.63) is 97.2 Å². The van der Waals surface area contributed by atoms with E-state index in [0.717, 1.165) is 89.9 Å². The van der Waals surface area contributed by atoms with E-state index >= 15 is 0 Å². The summed E-state index contributed by atoms with van der Waals surface area (Å²) in [6.07, 6.45) is 81.3.